The molecular weight excluding hydrogens is 983 g/mol. The van der Waals surface area contributed by atoms with Crippen molar-refractivity contribution in [2.45, 2.75) is 424 Å². The second-order valence-corrected chi connectivity index (χ2v) is 25.3. The number of amides is 1. The number of carbonyl (C=O) groups is 2. The molecule has 0 bridgehead atoms. The third-order valence-corrected chi connectivity index (χ3v) is 17.2. The summed E-state index contributed by atoms with van der Waals surface area (Å²) in [4.78, 5) is 24.6. The third-order valence-electron chi connectivity index (χ3n) is 17.2. The van der Waals surface area contributed by atoms with E-state index in [0.29, 0.717) is 25.9 Å². The van der Waals surface area contributed by atoms with Crippen LogP contribution in [0.5, 0.6) is 0 Å². The van der Waals surface area contributed by atoms with Gasteiger partial charge in [-0.2, -0.15) is 0 Å². The van der Waals surface area contributed by atoms with E-state index in [1.807, 2.05) is 0 Å². The number of unbranched alkanes of at least 4 members (excludes halogenated alkanes) is 54. The smallest absolute Gasteiger partial charge is 0.305 e. The molecule has 6 nitrogen and oxygen atoms in total. The molecule has 0 spiro atoms. The van der Waals surface area contributed by atoms with Crippen molar-refractivity contribution < 1.29 is 24.5 Å². The van der Waals surface area contributed by atoms with Crippen molar-refractivity contribution in [2.24, 2.45) is 0 Å². The van der Waals surface area contributed by atoms with Gasteiger partial charge in [0.25, 0.3) is 0 Å². The van der Waals surface area contributed by atoms with Gasteiger partial charge >= 0.3 is 5.97 Å². The lowest BCUT2D eigenvalue weighted by molar-refractivity contribution is -0.143. The maximum atomic E-state index is 12.5. The first-order valence-electron chi connectivity index (χ1n) is 36.6. The highest BCUT2D eigenvalue weighted by Gasteiger charge is 2.20. The maximum absolute atomic E-state index is 12.5. The van der Waals surface area contributed by atoms with Crippen LogP contribution in [-0.2, 0) is 14.3 Å². The number of aliphatic hydroxyl groups is 2. The summed E-state index contributed by atoms with van der Waals surface area (Å²) in [6.07, 6.45) is 88.3. The molecule has 3 N–H and O–H groups in total. The number of carbonyl (C=O) groups excluding carboxylic acids is 2. The predicted molar refractivity (Wildman–Crippen MR) is 352 cm³/mol. The normalized spacial score (nSPS) is 12.6. The van der Waals surface area contributed by atoms with Gasteiger partial charge in [0.05, 0.1) is 25.4 Å². The molecule has 0 heterocycles. The summed E-state index contributed by atoms with van der Waals surface area (Å²) in [6.45, 7) is 4.97. The van der Waals surface area contributed by atoms with Gasteiger partial charge in [-0.1, -0.05) is 346 Å². The molecule has 0 saturated heterocycles. The van der Waals surface area contributed by atoms with Crippen molar-refractivity contribution in [3.05, 3.63) is 24.3 Å². The van der Waals surface area contributed by atoms with Crippen LogP contribution in [0.15, 0.2) is 24.3 Å². The number of esters is 1. The molecule has 0 aliphatic rings. The molecule has 0 saturated carbocycles. The minimum absolute atomic E-state index is 0.0190. The van der Waals surface area contributed by atoms with Gasteiger partial charge in [0.15, 0.2) is 0 Å². The Kier molecular flexibility index (Phi) is 68.4. The SMILES string of the molecule is CCCCCCCC/C=C\CCCCCCCCCCCC(=O)OCCCCCCCCCCCCCC/C=C\CCCCCCCCCCCCCCCCCCCC(=O)NC(CO)C(O)CCCCCCCCCCCCC. The Balaban J connectivity index is 3.31. The Labute approximate surface area is 501 Å². The lowest BCUT2D eigenvalue weighted by Crippen LogP contribution is -2.45. The molecule has 0 aliphatic carbocycles. The number of hydrogen-bond acceptors (Lipinski definition) is 5. The Bertz CT molecular complexity index is 1250. The van der Waals surface area contributed by atoms with Crippen LogP contribution in [0.4, 0.5) is 0 Å². The first-order chi connectivity index (χ1) is 39.5. The van der Waals surface area contributed by atoms with E-state index in [2.05, 4.69) is 43.5 Å². The Morgan fingerprint density at radius 3 is 0.887 bits per heavy atom. The molecule has 2 atom stereocenters. The highest BCUT2D eigenvalue weighted by Crippen LogP contribution is 2.19. The van der Waals surface area contributed by atoms with Crippen LogP contribution in [0.2, 0.25) is 0 Å². The van der Waals surface area contributed by atoms with Crippen LogP contribution in [-0.4, -0.2) is 47.4 Å². The van der Waals surface area contributed by atoms with Crippen molar-refractivity contribution in [1.82, 2.24) is 5.32 Å². The monoisotopic (exact) mass is 1130 g/mol. The van der Waals surface area contributed by atoms with Crippen LogP contribution in [0.3, 0.4) is 0 Å². The van der Waals surface area contributed by atoms with Crippen molar-refractivity contribution in [3.8, 4) is 0 Å². The number of rotatable bonds is 69. The van der Waals surface area contributed by atoms with Gasteiger partial charge in [0.1, 0.15) is 0 Å². The predicted octanol–water partition coefficient (Wildman–Crippen LogP) is 23.7. The zero-order chi connectivity index (χ0) is 57.8. The molecule has 0 aromatic heterocycles. The summed E-state index contributed by atoms with van der Waals surface area (Å²) < 4.78 is 5.51. The number of allylic oxidation sites excluding steroid dienone is 4. The summed E-state index contributed by atoms with van der Waals surface area (Å²) in [5.74, 6) is -0.0119. The van der Waals surface area contributed by atoms with Gasteiger partial charge in [0, 0.05) is 12.8 Å². The highest BCUT2D eigenvalue weighted by atomic mass is 16.5. The van der Waals surface area contributed by atoms with Gasteiger partial charge in [-0.05, 0) is 77.0 Å². The van der Waals surface area contributed by atoms with Crippen LogP contribution < -0.4 is 5.32 Å². The molecule has 1 amide bonds. The lowest BCUT2D eigenvalue weighted by Gasteiger charge is -2.22. The molecule has 0 radical (unpaired) electrons. The molecular formula is C74H143NO5. The summed E-state index contributed by atoms with van der Waals surface area (Å²) in [5.41, 5.74) is 0. The lowest BCUT2D eigenvalue weighted by atomic mass is 10.0. The van der Waals surface area contributed by atoms with Crippen LogP contribution in [0.25, 0.3) is 0 Å². The van der Waals surface area contributed by atoms with Crippen LogP contribution in [0.1, 0.15) is 412 Å². The molecule has 0 aromatic rings. The van der Waals surface area contributed by atoms with Gasteiger partial charge in [-0.15, -0.1) is 0 Å². The van der Waals surface area contributed by atoms with Crippen molar-refractivity contribution >= 4 is 11.9 Å². The summed E-state index contributed by atoms with van der Waals surface area (Å²) in [7, 11) is 0. The van der Waals surface area contributed by atoms with Gasteiger partial charge in [-0.25, -0.2) is 0 Å². The number of aliphatic hydroxyl groups excluding tert-OH is 2. The molecule has 2 unspecified atom stereocenters. The van der Waals surface area contributed by atoms with E-state index in [1.165, 1.54) is 340 Å². The molecule has 80 heavy (non-hydrogen) atoms. The average molecular weight is 1130 g/mol. The quantitative estimate of drug-likeness (QED) is 0.0320. The van der Waals surface area contributed by atoms with Crippen LogP contribution in [0, 0.1) is 0 Å². The second kappa shape index (κ2) is 69.8. The zero-order valence-corrected chi connectivity index (χ0v) is 54.3. The Morgan fingerprint density at radius 2 is 0.588 bits per heavy atom. The maximum Gasteiger partial charge on any atom is 0.305 e. The van der Waals surface area contributed by atoms with Crippen molar-refractivity contribution in [2.75, 3.05) is 13.2 Å². The van der Waals surface area contributed by atoms with E-state index >= 15 is 0 Å². The van der Waals surface area contributed by atoms with E-state index in [4.69, 9.17) is 4.74 Å². The number of ether oxygens (including phenoxy) is 1. The second-order valence-electron chi connectivity index (χ2n) is 25.3. The van der Waals surface area contributed by atoms with E-state index in [1.54, 1.807) is 0 Å². The summed E-state index contributed by atoms with van der Waals surface area (Å²) >= 11 is 0. The molecule has 0 fully saturated rings. The number of nitrogens with one attached hydrogen (secondary N) is 1. The first kappa shape index (κ1) is 78.3. The average Bonchev–Trinajstić information content (AvgIpc) is 3.46. The molecule has 6 heteroatoms. The van der Waals surface area contributed by atoms with E-state index in [-0.39, 0.29) is 18.5 Å². The number of hydrogen-bond donors (Lipinski definition) is 3. The molecule has 0 aliphatic heterocycles. The first-order valence-corrected chi connectivity index (χ1v) is 36.6. The fourth-order valence-corrected chi connectivity index (χ4v) is 11.6. The fourth-order valence-electron chi connectivity index (χ4n) is 11.6. The summed E-state index contributed by atoms with van der Waals surface area (Å²) in [5, 5.41) is 23.2. The van der Waals surface area contributed by atoms with Crippen LogP contribution >= 0.6 is 0 Å². The van der Waals surface area contributed by atoms with E-state index in [9.17, 15) is 19.8 Å². The molecule has 474 valence electrons. The largest absolute Gasteiger partial charge is 0.466 e. The highest BCUT2D eigenvalue weighted by molar-refractivity contribution is 5.76. The standard InChI is InChI=1S/C74H143NO5/c1-3-5-7-9-11-13-15-16-17-18-34-38-41-44-48-52-56-60-64-68-74(79)80-69-65-61-57-53-49-45-42-39-36-33-31-29-27-25-23-21-19-20-22-24-26-28-30-32-35-37-40-43-47-51-55-59-63-67-73(78)75-71(70-76)72(77)66-62-58-54-50-46-14-12-10-8-6-4-2/h16-17,23,25,71-72,76-77H,3-15,18-22,24,26-70H2,1-2H3,(H,75,78)/b17-16-,25-23-. The van der Waals surface area contributed by atoms with E-state index < -0.39 is 12.1 Å². The topological polar surface area (TPSA) is 95.9 Å². The van der Waals surface area contributed by atoms with E-state index in [0.717, 1.165) is 38.5 Å². The Morgan fingerprint density at radius 1 is 0.338 bits per heavy atom. The molecule has 0 aromatic carbocycles. The third kappa shape index (κ3) is 65.5. The van der Waals surface area contributed by atoms with Gasteiger partial charge in [-0.3, -0.25) is 9.59 Å². The minimum atomic E-state index is -0.660. The minimum Gasteiger partial charge on any atom is -0.466 e. The van der Waals surface area contributed by atoms with Gasteiger partial charge < -0.3 is 20.3 Å². The fraction of sp³-hybridized carbons (Fsp3) is 0.919. The van der Waals surface area contributed by atoms with Gasteiger partial charge in [0.2, 0.25) is 5.91 Å². The summed E-state index contributed by atoms with van der Waals surface area (Å²) in [6, 6.07) is -0.537. The van der Waals surface area contributed by atoms with Crippen molar-refractivity contribution in [1.29, 1.82) is 0 Å². The molecule has 0 rings (SSSR count). The zero-order valence-electron chi connectivity index (χ0n) is 54.3. The Hall–Kier alpha value is -1.66. The van der Waals surface area contributed by atoms with Crippen molar-refractivity contribution in [3.63, 3.8) is 0 Å².